The van der Waals surface area contributed by atoms with E-state index in [4.69, 9.17) is 0 Å². The van der Waals surface area contributed by atoms with Crippen LogP contribution in [-0.2, 0) is 19.7 Å². The molecule has 0 amide bonds. The van der Waals surface area contributed by atoms with E-state index in [1.807, 2.05) is 0 Å². The molecule has 0 radical (unpaired) electrons. The first-order valence-corrected chi connectivity index (χ1v) is 10.9. The van der Waals surface area contributed by atoms with Crippen molar-refractivity contribution >= 4 is 19.7 Å². The van der Waals surface area contributed by atoms with Crippen LogP contribution < -0.4 is 0 Å². The van der Waals surface area contributed by atoms with Gasteiger partial charge in [0, 0.05) is 10.8 Å². The molecule has 0 heterocycles. The summed E-state index contributed by atoms with van der Waals surface area (Å²) in [6.07, 6.45) is 4.98. The van der Waals surface area contributed by atoms with Crippen molar-refractivity contribution in [1.29, 1.82) is 0 Å². The van der Waals surface area contributed by atoms with Crippen LogP contribution in [0.3, 0.4) is 0 Å². The summed E-state index contributed by atoms with van der Waals surface area (Å²) in [5.74, 6) is 0. The number of benzene rings is 2. The lowest BCUT2D eigenvalue weighted by atomic mass is 10.2. The van der Waals surface area contributed by atoms with Gasteiger partial charge in [0.2, 0.25) is 0 Å². The van der Waals surface area contributed by atoms with Crippen LogP contribution in [0.5, 0.6) is 0 Å². The van der Waals surface area contributed by atoms with Gasteiger partial charge in [-0.2, -0.15) is 0 Å². The summed E-state index contributed by atoms with van der Waals surface area (Å²) in [7, 11) is -6.81. The Labute approximate surface area is 149 Å². The normalized spacial score (nSPS) is 12.8. The van der Waals surface area contributed by atoms with E-state index in [1.54, 1.807) is 72.8 Å². The Morgan fingerprint density at radius 3 is 1.32 bits per heavy atom. The fourth-order valence-electron chi connectivity index (χ4n) is 2.12. The standard InChI is InChI=1S/C19H20O4S2/c20-24(21,18-12-6-4-7-13-18)16-10-2-1-3-11-17-25(22,23)19-14-8-5-9-15-19/h4-17H,1-3H2/b16-10+,17-11+. The van der Waals surface area contributed by atoms with Gasteiger partial charge in [0.1, 0.15) is 0 Å². The molecule has 0 aliphatic rings. The minimum atomic E-state index is -3.41. The largest absolute Gasteiger partial charge is 0.219 e. The number of rotatable bonds is 8. The maximum Gasteiger partial charge on any atom is 0.199 e. The third-order valence-corrected chi connectivity index (χ3v) is 6.40. The maximum atomic E-state index is 12.0. The maximum absolute atomic E-state index is 12.0. The third-order valence-electron chi connectivity index (χ3n) is 3.44. The molecule has 6 heteroatoms. The minimum absolute atomic E-state index is 0.264. The topological polar surface area (TPSA) is 68.3 Å². The Morgan fingerprint density at radius 1 is 0.600 bits per heavy atom. The number of sulfone groups is 2. The van der Waals surface area contributed by atoms with Gasteiger partial charge in [-0.15, -0.1) is 0 Å². The van der Waals surface area contributed by atoms with Gasteiger partial charge >= 0.3 is 0 Å². The van der Waals surface area contributed by atoms with Crippen LogP contribution in [0.1, 0.15) is 19.3 Å². The second kappa shape index (κ2) is 8.78. The van der Waals surface area contributed by atoms with Crippen molar-refractivity contribution in [3.8, 4) is 0 Å². The Morgan fingerprint density at radius 2 is 0.960 bits per heavy atom. The van der Waals surface area contributed by atoms with Gasteiger partial charge in [0.25, 0.3) is 0 Å². The Bertz CT molecular complexity index is 848. The van der Waals surface area contributed by atoms with E-state index in [0.29, 0.717) is 19.3 Å². The molecule has 2 aromatic carbocycles. The zero-order chi connectivity index (χ0) is 18.2. The highest BCUT2D eigenvalue weighted by molar-refractivity contribution is 7.94. The fraction of sp³-hybridized carbons (Fsp3) is 0.158. The molecule has 0 aliphatic carbocycles. The van der Waals surface area contributed by atoms with Gasteiger partial charge < -0.3 is 0 Å². The predicted octanol–water partition coefficient (Wildman–Crippen LogP) is 4.13. The van der Waals surface area contributed by atoms with Gasteiger partial charge in [-0.05, 0) is 43.5 Å². The van der Waals surface area contributed by atoms with E-state index < -0.39 is 19.7 Å². The van der Waals surface area contributed by atoms with Crippen molar-refractivity contribution in [1.82, 2.24) is 0 Å². The van der Waals surface area contributed by atoms with Crippen LogP contribution in [0, 0.1) is 0 Å². The Kier molecular flexibility index (Phi) is 6.73. The van der Waals surface area contributed by atoms with E-state index in [-0.39, 0.29) is 9.79 Å². The number of allylic oxidation sites excluding steroid dienone is 2. The summed E-state index contributed by atoms with van der Waals surface area (Å²) >= 11 is 0. The second-order valence-corrected chi connectivity index (χ2v) is 9.06. The van der Waals surface area contributed by atoms with Crippen LogP contribution in [0.15, 0.2) is 93.4 Å². The average molecular weight is 376 g/mol. The molecular formula is C19H20O4S2. The SMILES string of the molecule is O=S(=O)(/C=C/CCC/C=C/S(=O)(=O)c1ccccc1)c1ccccc1. The van der Waals surface area contributed by atoms with E-state index in [0.717, 1.165) is 0 Å². The molecule has 0 unspecified atom stereocenters. The van der Waals surface area contributed by atoms with E-state index in [2.05, 4.69) is 0 Å². The molecule has 0 aromatic heterocycles. The van der Waals surface area contributed by atoms with Crippen LogP contribution >= 0.6 is 0 Å². The summed E-state index contributed by atoms with van der Waals surface area (Å²) in [6.45, 7) is 0. The Balaban J connectivity index is 1.82. The fourth-order valence-corrected chi connectivity index (χ4v) is 4.29. The van der Waals surface area contributed by atoms with Gasteiger partial charge in [-0.1, -0.05) is 48.6 Å². The molecule has 0 aliphatic heterocycles. The van der Waals surface area contributed by atoms with Gasteiger partial charge in [0.15, 0.2) is 19.7 Å². The van der Waals surface area contributed by atoms with Crippen LogP contribution in [0.4, 0.5) is 0 Å². The molecule has 0 bridgehead atoms. The van der Waals surface area contributed by atoms with Crippen molar-refractivity contribution in [3.63, 3.8) is 0 Å². The highest BCUT2D eigenvalue weighted by atomic mass is 32.2. The number of hydrogen-bond acceptors (Lipinski definition) is 4. The van der Waals surface area contributed by atoms with Crippen LogP contribution in [-0.4, -0.2) is 16.8 Å². The van der Waals surface area contributed by atoms with E-state index in [9.17, 15) is 16.8 Å². The molecule has 25 heavy (non-hydrogen) atoms. The lowest BCUT2D eigenvalue weighted by Gasteiger charge is -1.98. The summed E-state index contributed by atoms with van der Waals surface area (Å²) in [6, 6.07) is 16.5. The van der Waals surface area contributed by atoms with Crippen molar-refractivity contribution in [2.24, 2.45) is 0 Å². The predicted molar refractivity (Wildman–Crippen MR) is 99.4 cm³/mol. The smallest absolute Gasteiger partial charge is 0.199 e. The first-order valence-electron chi connectivity index (χ1n) is 7.85. The molecule has 0 atom stereocenters. The van der Waals surface area contributed by atoms with Gasteiger partial charge in [-0.25, -0.2) is 16.8 Å². The molecule has 0 saturated carbocycles. The van der Waals surface area contributed by atoms with Crippen molar-refractivity contribution in [2.75, 3.05) is 0 Å². The molecule has 0 spiro atoms. The molecule has 2 rings (SSSR count). The average Bonchev–Trinajstić information content (AvgIpc) is 2.62. The summed E-state index contributed by atoms with van der Waals surface area (Å²) < 4.78 is 48.1. The van der Waals surface area contributed by atoms with Crippen molar-refractivity contribution < 1.29 is 16.8 Å². The zero-order valence-electron chi connectivity index (χ0n) is 13.7. The molecule has 132 valence electrons. The monoisotopic (exact) mass is 376 g/mol. The van der Waals surface area contributed by atoms with Crippen LogP contribution in [0.2, 0.25) is 0 Å². The summed E-state index contributed by atoms with van der Waals surface area (Å²) in [5.41, 5.74) is 0. The lowest BCUT2D eigenvalue weighted by molar-refractivity contribution is 0.603. The van der Waals surface area contributed by atoms with Crippen molar-refractivity contribution in [2.45, 2.75) is 29.1 Å². The number of hydrogen-bond donors (Lipinski definition) is 0. The first-order chi connectivity index (χ1) is 11.9. The molecule has 4 nitrogen and oxygen atoms in total. The molecule has 0 saturated heterocycles. The Hall–Kier alpha value is -2.18. The van der Waals surface area contributed by atoms with E-state index >= 15 is 0 Å². The van der Waals surface area contributed by atoms with Crippen LogP contribution in [0.25, 0.3) is 0 Å². The first kappa shape index (κ1) is 19.1. The third kappa shape index (κ3) is 5.99. The zero-order valence-corrected chi connectivity index (χ0v) is 15.3. The highest BCUT2D eigenvalue weighted by Crippen LogP contribution is 2.13. The van der Waals surface area contributed by atoms with E-state index in [1.165, 1.54) is 10.8 Å². The van der Waals surface area contributed by atoms with Gasteiger partial charge in [-0.3, -0.25) is 0 Å². The second-order valence-electron chi connectivity index (χ2n) is 5.39. The minimum Gasteiger partial charge on any atom is -0.219 e. The summed E-state index contributed by atoms with van der Waals surface area (Å²) in [4.78, 5) is 0.528. The number of unbranched alkanes of at least 4 members (excludes halogenated alkanes) is 2. The molecular weight excluding hydrogens is 356 g/mol. The highest BCUT2D eigenvalue weighted by Gasteiger charge is 2.09. The lowest BCUT2D eigenvalue weighted by Crippen LogP contribution is -1.95. The van der Waals surface area contributed by atoms with Gasteiger partial charge in [0.05, 0.1) is 9.79 Å². The molecule has 0 fully saturated rings. The molecule has 0 N–H and O–H groups in total. The van der Waals surface area contributed by atoms with Crippen molar-refractivity contribution in [3.05, 3.63) is 83.6 Å². The molecule has 2 aromatic rings. The quantitative estimate of drug-likeness (QED) is 0.650. The summed E-state index contributed by atoms with van der Waals surface area (Å²) in [5, 5.41) is 2.40.